The van der Waals surface area contributed by atoms with E-state index in [1.807, 2.05) is 0 Å². The van der Waals surface area contributed by atoms with Crippen molar-refractivity contribution in [1.29, 1.82) is 0 Å². The smallest absolute Gasteiger partial charge is 0.271 e. The summed E-state index contributed by atoms with van der Waals surface area (Å²) < 4.78 is 26.3. The van der Waals surface area contributed by atoms with Crippen molar-refractivity contribution in [3.63, 3.8) is 0 Å². The molecule has 0 aliphatic carbocycles. The van der Waals surface area contributed by atoms with Crippen LogP contribution in [0.2, 0.25) is 0 Å². The summed E-state index contributed by atoms with van der Waals surface area (Å²) in [5.74, 6) is 0. The monoisotopic (exact) mass is 317 g/mol. The van der Waals surface area contributed by atoms with Crippen LogP contribution >= 0.6 is 0 Å². The number of sulfonamides is 1. The van der Waals surface area contributed by atoms with Gasteiger partial charge in [-0.2, -0.15) is 4.31 Å². The Kier molecular flexibility index (Phi) is 4.92. The standard InChI is InChI=1S/C12H19N3O5S/c1-12(2,8-16)14(4)21(19,20)11-6-5-9(15(17)18)7-10(11)13-3/h5-7,13,16H,8H2,1-4H3. The van der Waals surface area contributed by atoms with Crippen molar-refractivity contribution in [2.24, 2.45) is 0 Å². The molecule has 0 spiro atoms. The van der Waals surface area contributed by atoms with E-state index in [4.69, 9.17) is 0 Å². The van der Waals surface area contributed by atoms with Crippen molar-refractivity contribution in [1.82, 2.24) is 4.31 Å². The molecular weight excluding hydrogens is 298 g/mol. The summed E-state index contributed by atoms with van der Waals surface area (Å²) >= 11 is 0. The van der Waals surface area contributed by atoms with Gasteiger partial charge in [-0.05, 0) is 19.9 Å². The molecule has 0 atom stereocenters. The summed E-state index contributed by atoms with van der Waals surface area (Å²) in [4.78, 5) is 10.1. The van der Waals surface area contributed by atoms with E-state index in [2.05, 4.69) is 5.32 Å². The van der Waals surface area contributed by atoms with Gasteiger partial charge in [0.2, 0.25) is 10.0 Å². The Morgan fingerprint density at radius 2 is 2.00 bits per heavy atom. The SMILES string of the molecule is CNc1cc([N+](=O)[O-])ccc1S(=O)(=O)N(C)C(C)(C)CO. The van der Waals surface area contributed by atoms with E-state index in [1.54, 1.807) is 13.8 Å². The second-order valence-electron chi connectivity index (χ2n) is 5.13. The highest BCUT2D eigenvalue weighted by atomic mass is 32.2. The average Bonchev–Trinajstić information content (AvgIpc) is 2.45. The summed E-state index contributed by atoms with van der Waals surface area (Å²) in [5.41, 5.74) is -1.07. The van der Waals surface area contributed by atoms with Gasteiger partial charge in [-0.3, -0.25) is 10.1 Å². The second kappa shape index (κ2) is 5.96. The van der Waals surface area contributed by atoms with Gasteiger partial charge in [-0.1, -0.05) is 0 Å². The van der Waals surface area contributed by atoms with Crippen LogP contribution < -0.4 is 5.32 Å². The van der Waals surface area contributed by atoms with Gasteiger partial charge in [0.05, 0.1) is 22.8 Å². The number of anilines is 1. The number of nitro groups is 1. The zero-order valence-corrected chi connectivity index (χ0v) is 13.1. The first-order valence-corrected chi connectivity index (χ1v) is 7.58. The molecule has 0 aliphatic rings. The molecule has 0 aromatic heterocycles. The predicted octanol–water partition coefficient (Wildman–Crippen LogP) is 1.03. The molecule has 0 saturated heterocycles. The summed E-state index contributed by atoms with van der Waals surface area (Å²) in [6.07, 6.45) is 0. The van der Waals surface area contributed by atoms with E-state index in [1.165, 1.54) is 20.2 Å². The van der Waals surface area contributed by atoms with E-state index in [9.17, 15) is 23.6 Å². The van der Waals surface area contributed by atoms with Crippen LogP contribution in [0.1, 0.15) is 13.8 Å². The number of aliphatic hydroxyl groups is 1. The van der Waals surface area contributed by atoms with E-state index in [0.717, 1.165) is 16.4 Å². The highest BCUT2D eigenvalue weighted by Crippen LogP contribution is 2.30. The molecule has 0 unspecified atom stereocenters. The van der Waals surface area contributed by atoms with Gasteiger partial charge >= 0.3 is 0 Å². The molecular formula is C12H19N3O5S. The van der Waals surface area contributed by atoms with Crippen LogP contribution in [0.25, 0.3) is 0 Å². The fourth-order valence-corrected chi connectivity index (χ4v) is 3.31. The van der Waals surface area contributed by atoms with E-state index in [0.29, 0.717) is 0 Å². The van der Waals surface area contributed by atoms with Gasteiger partial charge in [0.1, 0.15) is 4.90 Å². The number of nitrogens with zero attached hydrogens (tertiary/aromatic N) is 2. The first kappa shape index (κ1) is 17.3. The molecule has 0 heterocycles. The van der Waals surface area contributed by atoms with Gasteiger partial charge in [0, 0.05) is 26.2 Å². The molecule has 9 heteroatoms. The molecule has 0 bridgehead atoms. The van der Waals surface area contributed by atoms with E-state index in [-0.39, 0.29) is 22.9 Å². The maximum Gasteiger partial charge on any atom is 0.271 e. The topological polar surface area (TPSA) is 113 Å². The number of hydrogen-bond acceptors (Lipinski definition) is 6. The van der Waals surface area contributed by atoms with Crippen molar-refractivity contribution < 1.29 is 18.4 Å². The van der Waals surface area contributed by atoms with Crippen molar-refractivity contribution in [2.45, 2.75) is 24.3 Å². The van der Waals surface area contributed by atoms with Crippen LogP contribution in [-0.4, -0.2) is 49.0 Å². The molecule has 0 amide bonds. The molecule has 1 rings (SSSR count). The molecule has 1 aromatic rings. The molecule has 0 saturated carbocycles. The molecule has 0 fully saturated rings. The predicted molar refractivity (Wildman–Crippen MR) is 78.8 cm³/mol. The van der Waals surface area contributed by atoms with E-state index < -0.39 is 20.5 Å². The zero-order chi connectivity index (χ0) is 16.4. The van der Waals surface area contributed by atoms with Gasteiger partial charge in [0.15, 0.2) is 0 Å². The number of non-ortho nitro benzene ring substituents is 1. The molecule has 0 radical (unpaired) electrons. The lowest BCUT2D eigenvalue weighted by Gasteiger charge is -2.33. The minimum atomic E-state index is -3.91. The number of hydrogen-bond donors (Lipinski definition) is 2. The Morgan fingerprint density at radius 3 is 2.43 bits per heavy atom. The largest absolute Gasteiger partial charge is 0.394 e. The van der Waals surface area contributed by atoms with Crippen molar-refractivity contribution in [2.75, 3.05) is 26.0 Å². The minimum Gasteiger partial charge on any atom is -0.394 e. The Morgan fingerprint density at radius 1 is 1.43 bits per heavy atom. The molecule has 118 valence electrons. The lowest BCUT2D eigenvalue weighted by Crippen LogP contribution is -2.47. The Labute approximate surface area is 123 Å². The number of benzene rings is 1. The Hall–Kier alpha value is -1.71. The van der Waals surface area contributed by atoms with Crippen molar-refractivity contribution in [3.05, 3.63) is 28.3 Å². The fraction of sp³-hybridized carbons (Fsp3) is 0.500. The summed E-state index contributed by atoms with van der Waals surface area (Å²) in [5, 5.41) is 22.7. The summed E-state index contributed by atoms with van der Waals surface area (Å²) in [7, 11) is -1.07. The average molecular weight is 317 g/mol. The number of nitro benzene ring substituents is 1. The normalized spacial score (nSPS) is 12.5. The van der Waals surface area contributed by atoms with Gasteiger partial charge < -0.3 is 10.4 Å². The third-order valence-corrected chi connectivity index (χ3v) is 5.45. The maximum atomic E-state index is 12.6. The number of rotatable bonds is 6. The van der Waals surface area contributed by atoms with Gasteiger partial charge in [-0.15, -0.1) is 0 Å². The van der Waals surface area contributed by atoms with Gasteiger partial charge in [0.25, 0.3) is 5.69 Å². The quantitative estimate of drug-likeness (QED) is 0.598. The summed E-state index contributed by atoms with van der Waals surface area (Å²) in [6.45, 7) is 2.80. The molecule has 8 nitrogen and oxygen atoms in total. The first-order chi connectivity index (χ1) is 9.57. The lowest BCUT2D eigenvalue weighted by molar-refractivity contribution is -0.384. The maximum absolute atomic E-state index is 12.6. The zero-order valence-electron chi connectivity index (χ0n) is 12.3. The minimum absolute atomic E-state index is 0.0837. The lowest BCUT2D eigenvalue weighted by atomic mass is 10.1. The van der Waals surface area contributed by atoms with Crippen molar-refractivity contribution >= 4 is 21.4 Å². The highest BCUT2D eigenvalue weighted by molar-refractivity contribution is 7.89. The van der Waals surface area contributed by atoms with Gasteiger partial charge in [-0.25, -0.2) is 8.42 Å². The van der Waals surface area contributed by atoms with Crippen LogP contribution in [0, 0.1) is 10.1 Å². The molecule has 0 aliphatic heterocycles. The molecule has 21 heavy (non-hydrogen) atoms. The first-order valence-electron chi connectivity index (χ1n) is 6.14. The van der Waals surface area contributed by atoms with E-state index >= 15 is 0 Å². The summed E-state index contributed by atoms with van der Waals surface area (Å²) in [6, 6.07) is 3.48. The number of nitrogens with one attached hydrogen (secondary N) is 1. The molecule has 2 N–H and O–H groups in total. The number of likely N-dealkylation sites (N-methyl/N-ethyl adjacent to an activating group) is 1. The van der Waals surface area contributed by atoms with Crippen LogP contribution in [0.5, 0.6) is 0 Å². The fourth-order valence-electron chi connectivity index (χ4n) is 1.62. The van der Waals surface area contributed by atoms with Crippen LogP contribution in [0.15, 0.2) is 23.1 Å². The Balaban J connectivity index is 3.42. The van der Waals surface area contributed by atoms with Crippen molar-refractivity contribution in [3.8, 4) is 0 Å². The Bertz CT molecular complexity index is 642. The van der Waals surface area contributed by atoms with Crippen LogP contribution in [0.3, 0.4) is 0 Å². The molecule has 1 aromatic carbocycles. The second-order valence-corrected chi connectivity index (χ2v) is 7.07. The highest BCUT2D eigenvalue weighted by Gasteiger charge is 2.35. The third kappa shape index (κ3) is 3.31. The van der Waals surface area contributed by atoms with Crippen LogP contribution in [-0.2, 0) is 10.0 Å². The van der Waals surface area contributed by atoms with Crippen LogP contribution in [0.4, 0.5) is 11.4 Å². The number of aliphatic hydroxyl groups excluding tert-OH is 1. The third-order valence-electron chi connectivity index (χ3n) is 3.32.